The second-order valence-electron chi connectivity index (χ2n) is 6.98. The molecule has 3 aromatic carbocycles. The fourth-order valence-corrected chi connectivity index (χ4v) is 3.43. The molecule has 146 valence electrons. The second-order valence-corrected chi connectivity index (χ2v) is 7.82. The van der Waals surface area contributed by atoms with E-state index in [1.165, 1.54) is 11.1 Å². The number of rotatable bonds is 9. The number of nitrogens with one attached hydrogen (secondary N) is 1. The molecule has 0 aliphatic rings. The summed E-state index contributed by atoms with van der Waals surface area (Å²) in [4.78, 5) is 0. The SMILES string of the molecule is C[C@@H](CCc1ccccc1)NCc1cccc(OCc2ccc(Cl)cc2Cl)c1. The Bertz CT molecular complexity index is 883. The minimum absolute atomic E-state index is 0.417. The molecule has 1 N–H and O–H groups in total. The van der Waals surface area contributed by atoms with Gasteiger partial charge in [-0.1, -0.05) is 71.7 Å². The highest BCUT2D eigenvalue weighted by Gasteiger charge is 2.05. The Labute approximate surface area is 177 Å². The van der Waals surface area contributed by atoms with E-state index < -0.39 is 0 Å². The summed E-state index contributed by atoms with van der Waals surface area (Å²) >= 11 is 12.2. The fraction of sp³-hybridized carbons (Fsp3) is 0.250. The van der Waals surface area contributed by atoms with E-state index in [0.717, 1.165) is 30.7 Å². The van der Waals surface area contributed by atoms with Crippen LogP contribution in [0.15, 0.2) is 72.8 Å². The molecule has 0 saturated carbocycles. The molecule has 0 bridgehead atoms. The minimum Gasteiger partial charge on any atom is -0.489 e. The van der Waals surface area contributed by atoms with Gasteiger partial charge in [0, 0.05) is 28.2 Å². The first-order valence-corrected chi connectivity index (χ1v) is 10.3. The summed E-state index contributed by atoms with van der Waals surface area (Å²) in [5.74, 6) is 0.835. The van der Waals surface area contributed by atoms with Crippen LogP contribution in [0.25, 0.3) is 0 Å². The molecular formula is C24H25Cl2NO. The van der Waals surface area contributed by atoms with Crippen molar-refractivity contribution in [2.75, 3.05) is 0 Å². The lowest BCUT2D eigenvalue weighted by molar-refractivity contribution is 0.306. The Balaban J connectivity index is 1.47. The highest BCUT2D eigenvalue weighted by molar-refractivity contribution is 6.35. The van der Waals surface area contributed by atoms with Crippen LogP contribution in [0.3, 0.4) is 0 Å². The van der Waals surface area contributed by atoms with Crippen molar-refractivity contribution in [2.24, 2.45) is 0 Å². The Morgan fingerprint density at radius 1 is 0.893 bits per heavy atom. The van der Waals surface area contributed by atoms with Gasteiger partial charge in [-0.05, 0) is 55.2 Å². The van der Waals surface area contributed by atoms with Crippen LogP contribution in [0.1, 0.15) is 30.0 Å². The smallest absolute Gasteiger partial charge is 0.120 e. The Kier molecular flexibility index (Phi) is 7.79. The molecule has 0 heterocycles. The van der Waals surface area contributed by atoms with Gasteiger partial charge in [0.25, 0.3) is 0 Å². The van der Waals surface area contributed by atoms with Crippen LogP contribution in [0, 0.1) is 0 Å². The molecule has 0 aromatic heterocycles. The molecule has 3 rings (SSSR count). The maximum Gasteiger partial charge on any atom is 0.120 e. The zero-order chi connectivity index (χ0) is 19.8. The first-order chi connectivity index (χ1) is 13.6. The van der Waals surface area contributed by atoms with E-state index in [1.54, 1.807) is 6.07 Å². The van der Waals surface area contributed by atoms with Crippen LogP contribution in [-0.4, -0.2) is 6.04 Å². The summed E-state index contributed by atoms with van der Waals surface area (Å²) in [7, 11) is 0. The molecule has 28 heavy (non-hydrogen) atoms. The predicted octanol–water partition coefficient (Wildman–Crippen LogP) is 6.68. The molecular weight excluding hydrogens is 389 g/mol. The predicted molar refractivity (Wildman–Crippen MR) is 118 cm³/mol. The molecule has 0 aliphatic carbocycles. The first-order valence-electron chi connectivity index (χ1n) is 9.53. The third-order valence-electron chi connectivity index (χ3n) is 4.67. The van der Waals surface area contributed by atoms with Crippen molar-refractivity contribution >= 4 is 23.2 Å². The molecule has 0 radical (unpaired) electrons. The number of hydrogen-bond donors (Lipinski definition) is 1. The lowest BCUT2D eigenvalue weighted by Gasteiger charge is -2.15. The maximum atomic E-state index is 6.21. The van der Waals surface area contributed by atoms with Gasteiger partial charge < -0.3 is 10.1 Å². The highest BCUT2D eigenvalue weighted by atomic mass is 35.5. The average molecular weight is 414 g/mol. The third kappa shape index (κ3) is 6.56. The van der Waals surface area contributed by atoms with Gasteiger partial charge in [-0.3, -0.25) is 0 Å². The van der Waals surface area contributed by atoms with Crippen molar-refractivity contribution < 1.29 is 4.74 Å². The Morgan fingerprint density at radius 2 is 1.68 bits per heavy atom. The van der Waals surface area contributed by atoms with Gasteiger partial charge in [-0.25, -0.2) is 0 Å². The number of halogens is 2. The molecule has 3 aromatic rings. The number of ether oxygens (including phenoxy) is 1. The number of aryl methyl sites for hydroxylation is 1. The van der Waals surface area contributed by atoms with Crippen LogP contribution >= 0.6 is 23.2 Å². The molecule has 0 aliphatic heterocycles. The number of hydrogen-bond acceptors (Lipinski definition) is 2. The van der Waals surface area contributed by atoms with Crippen LogP contribution in [0.2, 0.25) is 10.0 Å². The molecule has 1 atom stereocenters. The van der Waals surface area contributed by atoms with E-state index in [0.29, 0.717) is 22.7 Å². The van der Waals surface area contributed by atoms with Crippen molar-refractivity contribution in [1.29, 1.82) is 0 Å². The Hall–Kier alpha value is -2.00. The monoisotopic (exact) mass is 413 g/mol. The minimum atomic E-state index is 0.417. The first kappa shape index (κ1) is 20.7. The van der Waals surface area contributed by atoms with Crippen molar-refractivity contribution in [1.82, 2.24) is 5.32 Å². The van der Waals surface area contributed by atoms with Gasteiger partial charge >= 0.3 is 0 Å². The lowest BCUT2D eigenvalue weighted by Crippen LogP contribution is -2.25. The Morgan fingerprint density at radius 3 is 2.46 bits per heavy atom. The van der Waals surface area contributed by atoms with Crippen molar-refractivity contribution in [2.45, 2.75) is 39.0 Å². The van der Waals surface area contributed by atoms with Gasteiger partial charge in [-0.15, -0.1) is 0 Å². The highest BCUT2D eigenvalue weighted by Crippen LogP contribution is 2.23. The molecule has 0 unspecified atom stereocenters. The summed E-state index contributed by atoms with van der Waals surface area (Å²) in [5.41, 5.74) is 3.50. The van der Waals surface area contributed by atoms with E-state index >= 15 is 0 Å². The largest absolute Gasteiger partial charge is 0.489 e. The summed E-state index contributed by atoms with van der Waals surface area (Å²) < 4.78 is 5.91. The second kappa shape index (κ2) is 10.5. The normalized spacial score (nSPS) is 12.0. The van der Waals surface area contributed by atoms with Gasteiger partial charge in [0.15, 0.2) is 0 Å². The zero-order valence-electron chi connectivity index (χ0n) is 16.0. The van der Waals surface area contributed by atoms with Gasteiger partial charge in [0.1, 0.15) is 12.4 Å². The van der Waals surface area contributed by atoms with Gasteiger partial charge in [0.05, 0.1) is 0 Å². The summed E-state index contributed by atoms with van der Waals surface area (Å²) in [6, 6.07) is 24.7. The molecule has 0 saturated heterocycles. The van der Waals surface area contributed by atoms with Gasteiger partial charge in [0.2, 0.25) is 0 Å². The van der Waals surface area contributed by atoms with E-state index in [1.807, 2.05) is 24.3 Å². The van der Waals surface area contributed by atoms with Crippen LogP contribution in [0.5, 0.6) is 5.75 Å². The average Bonchev–Trinajstić information content (AvgIpc) is 2.71. The van der Waals surface area contributed by atoms with E-state index in [2.05, 4.69) is 54.7 Å². The lowest BCUT2D eigenvalue weighted by atomic mass is 10.1. The van der Waals surface area contributed by atoms with Crippen LogP contribution in [-0.2, 0) is 19.6 Å². The van der Waals surface area contributed by atoms with Crippen molar-refractivity contribution in [3.63, 3.8) is 0 Å². The molecule has 0 amide bonds. The topological polar surface area (TPSA) is 21.3 Å². The molecule has 0 spiro atoms. The molecule has 2 nitrogen and oxygen atoms in total. The van der Waals surface area contributed by atoms with Gasteiger partial charge in [-0.2, -0.15) is 0 Å². The molecule has 0 fully saturated rings. The van der Waals surface area contributed by atoms with E-state index in [9.17, 15) is 0 Å². The standard InChI is InChI=1S/C24H25Cl2NO/c1-18(10-11-19-6-3-2-4-7-19)27-16-20-8-5-9-23(14-20)28-17-21-12-13-22(25)15-24(21)26/h2-9,12-15,18,27H,10-11,16-17H2,1H3/t18-/m0/s1. The molecule has 4 heteroatoms. The third-order valence-corrected chi connectivity index (χ3v) is 5.26. The summed E-state index contributed by atoms with van der Waals surface area (Å²) in [6.07, 6.45) is 2.19. The summed E-state index contributed by atoms with van der Waals surface area (Å²) in [5, 5.41) is 4.84. The number of benzene rings is 3. The van der Waals surface area contributed by atoms with E-state index in [-0.39, 0.29) is 0 Å². The van der Waals surface area contributed by atoms with E-state index in [4.69, 9.17) is 27.9 Å². The summed E-state index contributed by atoms with van der Waals surface area (Å²) in [6.45, 7) is 3.46. The quantitative estimate of drug-likeness (QED) is 0.422. The van der Waals surface area contributed by atoms with Crippen molar-refractivity contribution in [3.05, 3.63) is 99.5 Å². The van der Waals surface area contributed by atoms with Crippen molar-refractivity contribution in [3.8, 4) is 5.75 Å². The van der Waals surface area contributed by atoms with Crippen LogP contribution < -0.4 is 10.1 Å². The fourth-order valence-electron chi connectivity index (χ4n) is 2.97. The zero-order valence-corrected chi connectivity index (χ0v) is 17.5. The maximum absolute atomic E-state index is 6.21. The van der Waals surface area contributed by atoms with Crippen LogP contribution in [0.4, 0.5) is 0 Å².